The summed E-state index contributed by atoms with van der Waals surface area (Å²) in [6.45, 7) is 4.52. The second-order valence-electron chi connectivity index (χ2n) is 6.30. The van der Waals surface area contributed by atoms with Gasteiger partial charge in [0.25, 0.3) is 5.56 Å². The van der Waals surface area contributed by atoms with Crippen LogP contribution >= 0.6 is 0 Å². The molecule has 112 valence electrons. The first-order valence-electron chi connectivity index (χ1n) is 7.46. The van der Waals surface area contributed by atoms with Crippen molar-refractivity contribution in [2.24, 2.45) is 11.8 Å². The van der Waals surface area contributed by atoms with E-state index in [2.05, 4.69) is 23.8 Å². The molecule has 1 saturated carbocycles. The maximum atomic E-state index is 11.7. The van der Waals surface area contributed by atoms with E-state index >= 15 is 0 Å². The number of H-pyrrole nitrogens is 1. The highest BCUT2D eigenvalue weighted by atomic mass is 16.5. The Balaban J connectivity index is 1.90. The number of ether oxygens (including phenoxy) is 1. The molecule has 2 atom stereocenters. The van der Waals surface area contributed by atoms with Gasteiger partial charge in [0.1, 0.15) is 5.75 Å². The summed E-state index contributed by atoms with van der Waals surface area (Å²) >= 11 is 0. The lowest BCUT2D eigenvalue weighted by atomic mass is 9.82. The minimum absolute atomic E-state index is 0.182. The predicted molar refractivity (Wildman–Crippen MR) is 83.4 cm³/mol. The number of nitrogens with zero attached hydrogens (tertiary/aromatic N) is 1. The Morgan fingerprint density at radius 1 is 1.24 bits per heavy atom. The van der Waals surface area contributed by atoms with E-state index in [9.17, 15) is 4.79 Å². The molecule has 0 aliphatic heterocycles. The van der Waals surface area contributed by atoms with E-state index in [0.717, 1.165) is 12.8 Å². The van der Waals surface area contributed by atoms with Crippen molar-refractivity contribution < 1.29 is 4.74 Å². The molecule has 3 N–H and O–H groups in total. The fourth-order valence-corrected chi connectivity index (χ4v) is 3.36. The molecule has 1 aliphatic rings. The van der Waals surface area contributed by atoms with Gasteiger partial charge >= 0.3 is 0 Å². The van der Waals surface area contributed by atoms with Gasteiger partial charge in [0.2, 0.25) is 0 Å². The number of nitrogen functional groups attached to an aromatic ring is 1. The second kappa shape index (κ2) is 5.39. The Labute approximate surface area is 123 Å². The molecule has 1 heterocycles. The highest BCUT2D eigenvalue weighted by molar-refractivity contribution is 5.84. The third-order valence-electron chi connectivity index (χ3n) is 4.20. The zero-order chi connectivity index (χ0) is 15.0. The van der Waals surface area contributed by atoms with E-state index < -0.39 is 0 Å². The Morgan fingerprint density at radius 2 is 1.95 bits per heavy atom. The molecule has 0 bridgehead atoms. The van der Waals surface area contributed by atoms with Crippen LogP contribution in [0.15, 0.2) is 23.3 Å². The SMILES string of the molecule is CC1CC(C)CC(Oc2cc3nc[nH]c(=O)c3cc2N)C1. The van der Waals surface area contributed by atoms with Gasteiger partial charge in [0, 0.05) is 6.07 Å². The van der Waals surface area contributed by atoms with Gasteiger partial charge in [-0.05, 0) is 37.2 Å². The summed E-state index contributed by atoms with van der Waals surface area (Å²) in [6.07, 6.45) is 4.93. The highest BCUT2D eigenvalue weighted by Crippen LogP contribution is 2.34. The molecule has 0 spiro atoms. The average Bonchev–Trinajstić information content (AvgIpc) is 2.40. The third kappa shape index (κ3) is 2.86. The largest absolute Gasteiger partial charge is 0.488 e. The normalized spacial score (nSPS) is 25.9. The van der Waals surface area contributed by atoms with E-state index in [4.69, 9.17) is 10.5 Å². The van der Waals surface area contributed by atoms with Crippen molar-refractivity contribution in [2.45, 2.75) is 39.2 Å². The van der Waals surface area contributed by atoms with Crippen molar-refractivity contribution in [3.8, 4) is 5.75 Å². The predicted octanol–water partition coefficient (Wildman–Crippen LogP) is 2.71. The molecule has 1 fully saturated rings. The first-order valence-corrected chi connectivity index (χ1v) is 7.46. The van der Waals surface area contributed by atoms with E-state index in [1.54, 1.807) is 12.1 Å². The minimum atomic E-state index is -0.182. The first-order chi connectivity index (χ1) is 10.0. The first kappa shape index (κ1) is 13.9. The van der Waals surface area contributed by atoms with Gasteiger partial charge in [-0.3, -0.25) is 4.79 Å². The summed E-state index contributed by atoms with van der Waals surface area (Å²) in [6, 6.07) is 3.41. The van der Waals surface area contributed by atoms with Crippen LogP contribution in [0.5, 0.6) is 5.75 Å². The quantitative estimate of drug-likeness (QED) is 0.832. The van der Waals surface area contributed by atoms with E-state index in [1.807, 2.05) is 0 Å². The second-order valence-corrected chi connectivity index (χ2v) is 6.30. The van der Waals surface area contributed by atoms with E-state index in [1.165, 1.54) is 12.7 Å². The molecule has 5 nitrogen and oxygen atoms in total. The van der Waals surface area contributed by atoms with Crippen LogP contribution in [0.3, 0.4) is 0 Å². The van der Waals surface area contributed by atoms with Crippen LogP contribution < -0.4 is 16.0 Å². The lowest BCUT2D eigenvalue weighted by Gasteiger charge is -2.32. The van der Waals surface area contributed by atoms with Crippen LogP contribution in [-0.2, 0) is 0 Å². The molecule has 21 heavy (non-hydrogen) atoms. The van der Waals surface area contributed by atoms with Gasteiger partial charge < -0.3 is 15.5 Å². The Kier molecular flexibility index (Phi) is 3.57. The molecule has 1 aromatic carbocycles. The lowest BCUT2D eigenvalue weighted by Crippen LogP contribution is -2.28. The van der Waals surface area contributed by atoms with Gasteiger partial charge in [0.05, 0.1) is 29.0 Å². The van der Waals surface area contributed by atoms with Crippen LogP contribution in [-0.4, -0.2) is 16.1 Å². The molecule has 3 rings (SSSR count). The van der Waals surface area contributed by atoms with Crippen molar-refractivity contribution in [3.63, 3.8) is 0 Å². The number of fused-ring (bicyclic) bond motifs is 1. The number of rotatable bonds is 2. The number of nitrogens with one attached hydrogen (secondary N) is 1. The van der Waals surface area contributed by atoms with Crippen molar-refractivity contribution in [3.05, 3.63) is 28.8 Å². The van der Waals surface area contributed by atoms with Gasteiger partial charge in [0.15, 0.2) is 0 Å². The van der Waals surface area contributed by atoms with Crippen LogP contribution in [0.1, 0.15) is 33.1 Å². The highest BCUT2D eigenvalue weighted by Gasteiger charge is 2.25. The maximum Gasteiger partial charge on any atom is 0.258 e. The third-order valence-corrected chi connectivity index (χ3v) is 4.20. The summed E-state index contributed by atoms with van der Waals surface area (Å²) < 4.78 is 6.10. The molecular weight excluding hydrogens is 266 g/mol. The zero-order valence-electron chi connectivity index (χ0n) is 12.4. The minimum Gasteiger partial charge on any atom is -0.488 e. The molecule has 1 aromatic heterocycles. The Bertz CT molecular complexity index is 700. The fraction of sp³-hybridized carbons (Fsp3) is 0.500. The standard InChI is InChI=1S/C16H21N3O2/c1-9-3-10(2)5-11(4-9)21-15-7-14-12(6-13(15)17)16(20)19-8-18-14/h6-11H,3-5,17H2,1-2H3,(H,18,19,20). The number of anilines is 1. The number of hydrogen-bond donors (Lipinski definition) is 2. The summed E-state index contributed by atoms with van der Waals surface area (Å²) in [7, 11) is 0. The van der Waals surface area contributed by atoms with Crippen molar-refractivity contribution in [1.29, 1.82) is 0 Å². The zero-order valence-corrected chi connectivity index (χ0v) is 12.4. The molecule has 5 heteroatoms. The van der Waals surface area contributed by atoms with Crippen LogP contribution in [0.25, 0.3) is 10.9 Å². The monoisotopic (exact) mass is 287 g/mol. The number of hydrogen-bond acceptors (Lipinski definition) is 4. The van der Waals surface area contributed by atoms with Gasteiger partial charge in [-0.25, -0.2) is 4.98 Å². The number of aromatic amines is 1. The van der Waals surface area contributed by atoms with Gasteiger partial charge in [-0.1, -0.05) is 13.8 Å². The number of nitrogens with two attached hydrogens (primary N) is 1. The van der Waals surface area contributed by atoms with Crippen molar-refractivity contribution in [1.82, 2.24) is 9.97 Å². The Morgan fingerprint density at radius 3 is 2.67 bits per heavy atom. The van der Waals surface area contributed by atoms with Crippen molar-refractivity contribution >= 4 is 16.6 Å². The molecule has 2 unspecified atom stereocenters. The molecule has 2 aromatic rings. The van der Waals surface area contributed by atoms with Crippen LogP contribution in [0, 0.1) is 11.8 Å². The topological polar surface area (TPSA) is 81.0 Å². The van der Waals surface area contributed by atoms with Gasteiger partial charge in [-0.2, -0.15) is 0 Å². The molecule has 0 amide bonds. The van der Waals surface area contributed by atoms with Crippen LogP contribution in [0.2, 0.25) is 0 Å². The Hall–Kier alpha value is -2.04. The summed E-state index contributed by atoms with van der Waals surface area (Å²) in [5.74, 6) is 1.97. The molecule has 1 aliphatic carbocycles. The fourth-order valence-electron chi connectivity index (χ4n) is 3.36. The van der Waals surface area contributed by atoms with Gasteiger partial charge in [-0.15, -0.1) is 0 Å². The summed E-state index contributed by atoms with van der Waals surface area (Å²) in [5.41, 5.74) is 6.96. The average molecular weight is 287 g/mol. The summed E-state index contributed by atoms with van der Waals surface area (Å²) in [4.78, 5) is 18.5. The molecule has 0 radical (unpaired) electrons. The smallest absolute Gasteiger partial charge is 0.258 e. The number of aromatic nitrogens is 2. The van der Waals surface area contributed by atoms with E-state index in [-0.39, 0.29) is 11.7 Å². The molecule has 0 saturated heterocycles. The number of benzene rings is 1. The van der Waals surface area contributed by atoms with Crippen LogP contribution in [0.4, 0.5) is 5.69 Å². The summed E-state index contributed by atoms with van der Waals surface area (Å²) in [5, 5.41) is 0.493. The lowest BCUT2D eigenvalue weighted by molar-refractivity contribution is 0.102. The molecular formula is C16H21N3O2. The van der Waals surface area contributed by atoms with Crippen molar-refractivity contribution in [2.75, 3.05) is 5.73 Å². The maximum absolute atomic E-state index is 11.7. The van der Waals surface area contributed by atoms with E-state index in [0.29, 0.717) is 34.2 Å².